The van der Waals surface area contributed by atoms with Crippen molar-refractivity contribution in [2.24, 2.45) is 11.7 Å². The van der Waals surface area contributed by atoms with Gasteiger partial charge in [0.2, 0.25) is 5.91 Å². The van der Waals surface area contributed by atoms with Crippen LogP contribution in [-0.4, -0.2) is 78.0 Å². The molecule has 3 aromatic heterocycles. The number of carbonyl (C=O) groups excluding carboxylic acids is 2. The third-order valence-electron chi connectivity index (χ3n) is 8.17. The van der Waals surface area contributed by atoms with E-state index in [4.69, 9.17) is 12.2 Å². The number of fused-ring (bicyclic) bond motifs is 1. The first kappa shape index (κ1) is 31.6. The molecule has 1 aromatic carbocycles. The molecule has 4 aromatic rings. The predicted octanol–water partition coefficient (Wildman–Crippen LogP) is 4.30. The summed E-state index contributed by atoms with van der Waals surface area (Å²) in [5, 5.41) is 7.30. The fourth-order valence-electron chi connectivity index (χ4n) is 5.35. The summed E-state index contributed by atoms with van der Waals surface area (Å²) >= 11 is 0. The fourth-order valence-corrected chi connectivity index (χ4v) is 5.35. The van der Waals surface area contributed by atoms with E-state index in [0.29, 0.717) is 61.0 Å². The van der Waals surface area contributed by atoms with Crippen LogP contribution >= 0.6 is 0 Å². The first-order chi connectivity index (χ1) is 21.5. The van der Waals surface area contributed by atoms with Gasteiger partial charge in [-0.3, -0.25) is 18.7 Å². The Morgan fingerprint density at radius 2 is 1.82 bits per heavy atom. The molecule has 236 valence electrons. The Hall–Kier alpha value is -4.83. The van der Waals surface area contributed by atoms with E-state index < -0.39 is 18.5 Å². The average Bonchev–Trinajstić information content (AvgIpc) is 3.69. The van der Waals surface area contributed by atoms with E-state index in [-0.39, 0.29) is 29.0 Å². The molecule has 0 saturated carbocycles. The topological polar surface area (TPSA) is 127 Å². The summed E-state index contributed by atoms with van der Waals surface area (Å²) < 4.78 is 30.9. The van der Waals surface area contributed by atoms with Gasteiger partial charge in [-0.15, -0.1) is 6.42 Å². The maximum absolute atomic E-state index is 13.9. The molecule has 45 heavy (non-hydrogen) atoms. The summed E-state index contributed by atoms with van der Waals surface area (Å²) in [6.45, 7) is 9.25. The van der Waals surface area contributed by atoms with Crippen LogP contribution in [0.1, 0.15) is 61.8 Å². The average molecular weight is 618 g/mol. The van der Waals surface area contributed by atoms with Crippen molar-refractivity contribution in [2.45, 2.75) is 52.6 Å². The number of rotatable bonds is 9. The van der Waals surface area contributed by atoms with Gasteiger partial charge in [0.1, 0.15) is 11.7 Å². The maximum atomic E-state index is 13.9. The Bertz CT molecular complexity index is 1750. The van der Waals surface area contributed by atoms with Gasteiger partial charge in [-0.2, -0.15) is 5.10 Å². The lowest BCUT2D eigenvalue weighted by molar-refractivity contribution is -0.135. The summed E-state index contributed by atoms with van der Waals surface area (Å²) in [7, 11) is 0. The first-order valence-electron chi connectivity index (χ1n) is 14.9. The highest BCUT2D eigenvalue weighted by Gasteiger charge is 2.29. The van der Waals surface area contributed by atoms with Crippen LogP contribution in [0.3, 0.4) is 0 Å². The van der Waals surface area contributed by atoms with Gasteiger partial charge < -0.3 is 20.9 Å². The molecule has 0 aliphatic carbocycles. The Balaban J connectivity index is 1.35. The maximum Gasteiger partial charge on any atom is 0.282 e. The molecule has 1 aliphatic heterocycles. The number of alkyl halides is 2. The van der Waals surface area contributed by atoms with Crippen molar-refractivity contribution in [1.82, 2.24) is 33.9 Å². The molecule has 4 heterocycles. The minimum Gasteiger partial charge on any atom is -0.338 e. The molecule has 2 atom stereocenters. The molecule has 2 unspecified atom stereocenters. The van der Waals surface area contributed by atoms with Crippen molar-refractivity contribution in [3.05, 3.63) is 59.8 Å². The highest BCUT2D eigenvalue weighted by molar-refractivity contribution is 5.96. The van der Waals surface area contributed by atoms with Crippen molar-refractivity contribution >= 4 is 29.0 Å². The van der Waals surface area contributed by atoms with Crippen LogP contribution in [0.25, 0.3) is 16.9 Å². The Kier molecular flexibility index (Phi) is 9.15. The van der Waals surface area contributed by atoms with E-state index in [0.717, 1.165) is 5.56 Å². The number of terminal acetylenes is 1. The number of amides is 2. The lowest BCUT2D eigenvalue weighted by Gasteiger charge is -2.36. The number of nitrogens with two attached hydrogens (primary N) is 1. The largest absolute Gasteiger partial charge is 0.338 e. The number of aryl methyl sites for hydroxylation is 1. The van der Waals surface area contributed by atoms with Crippen LogP contribution in [0.15, 0.2) is 43.0 Å². The lowest BCUT2D eigenvalue weighted by Crippen LogP contribution is -2.55. The Labute approximate surface area is 260 Å². The number of aromatic nitrogens is 5. The number of carbonyl (C=O) groups is 2. The van der Waals surface area contributed by atoms with E-state index in [1.54, 1.807) is 45.7 Å². The zero-order valence-corrected chi connectivity index (χ0v) is 25.7. The van der Waals surface area contributed by atoms with Gasteiger partial charge in [0.25, 0.3) is 12.3 Å². The molecular formula is C32H37F2N9O2. The molecule has 1 aliphatic rings. The van der Waals surface area contributed by atoms with E-state index in [1.165, 1.54) is 17.1 Å². The van der Waals surface area contributed by atoms with E-state index in [9.17, 15) is 18.4 Å². The number of hydrogen-bond acceptors (Lipinski definition) is 7. The van der Waals surface area contributed by atoms with Gasteiger partial charge in [-0.25, -0.2) is 18.7 Å². The van der Waals surface area contributed by atoms with E-state index in [2.05, 4.69) is 26.3 Å². The minimum absolute atomic E-state index is 0.0423. The molecule has 5 rings (SSSR count). The van der Waals surface area contributed by atoms with Crippen LogP contribution in [0.5, 0.6) is 0 Å². The number of hydrogen-bond donors (Lipinski definition) is 2. The van der Waals surface area contributed by atoms with Crippen LogP contribution in [0, 0.1) is 18.3 Å². The van der Waals surface area contributed by atoms with Crippen LogP contribution in [0.4, 0.5) is 20.3 Å². The number of halogens is 2. The SMILES string of the molecule is C#CC(C)n1cc(-c2cnc3c(Nc4ccc(C(=O)N5CCN(C(=O)C(N)C(C)C)CC5)c(CC)c4)nccn23)c(C(F)F)n1. The first-order valence-corrected chi connectivity index (χ1v) is 14.9. The predicted molar refractivity (Wildman–Crippen MR) is 167 cm³/mol. The standard InChI is InChI=1S/C32H37F2N9O2/c1-6-20(5)43-18-24(27(39-43)28(33)34)25-17-37-30-29(36-10-11-42(25)30)38-22-8-9-23(21(7-2)16-22)31(44)40-12-14-41(15-13-40)32(45)26(35)19(3)4/h1,8-11,16-20,26,28H,7,12-15,35H2,2-5H3,(H,36,38). The monoisotopic (exact) mass is 617 g/mol. The van der Waals surface area contributed by atoms with Crippen molar-refractivity contribution in [3.63, 3.8) is 0 Å². The van der Waals surface area contributed by atoms with Gasteiger partial charge in [0.05, 0.1) is 17.9 Å². The van der Waals surface area contributed by atoms with E-state index in [1.807, 2.05) is 26.8 Å². The summed E-state index contributed by atoms with van der Waals surface area (Å²) in [6.07, 6.45) is 9.49. The molecule has 0 radical (unpaired) electrons. The van der Waals surface area contributed by atoms with Crippen LogP contribution in [-0.2, 0) is 11.2 Å². The Morgan fingerprint density at radius 1 is 1.11 bits per heavy atom. The summed E-state index contributed by atoms with van der Waals surface area (Å²) in [5.74, 6) is 2.78. The normalized spacial score (nSPS) is 15.0. The molecule has 0 spiro atoms. The van der Waals surface area contributed by atoms with Gasteiger partial charge in [-0.05, 0) is 43.0 Å². The fraction of sp³-hybridized carbons (Fsp3) is 0.406. The van der Waals surface area contributed by atoms with Crippen LogP contribution < -0.4 is 11.1 Å². The van der Waals surface area contributed by atoms with Crippen molar-refractivity contribution < 1.29 is 18.4 Å². The number of anilines is 2. The quantitative estimate of drug-likeness (QED) is 0.268. The third-order valence-corrected chi connectivity index (χ3v) is 8.17. The zero-order chi connectivity index (χ0) is 32.4. The van der Waals surface area contributed by atoms with Crippen LogP contribution in [0.2, 0.25) is 0 Å². The lowest BCUT2D eigenvalue weighted by atomic mass is 10.0. The number of piperazine rings is 1. The van der Waals surface area contributed by atoms with Crippen molar-refractivity contribution in [1.29, 1.82) is 0 Å². The number of imidazole rings is 1. The highest BCUT2D eigenvalue weighted by atomic mass is 19.3. The highest BCUT2D eigenvalue weighted by Crippen LogP contribution is 2.33. The summed E-state index contributed by atoms with van der Waals surface area (Å²) in [4.78, 5) is 38.6. The van der Waals surface area contributed by atoms with Gasteiger partial charge in [0, 0.05) is 61.6 Å². The molecule has 1 fully saturated rings. The third kappa shape index (κ3) is 6.23. The Morgan fingerprint density at radius 3 is 2.47 bits per heavy atom. The van der Waals surface area contributed by atoms with E-state index >= 15 is 0 Å². The van der Waals surface area contributed by atoms with Crippen molar-refractivity contribution in [3.8, 4) is 23.6 Å². The number of benzene rings is 1. The second-order valence-electron chi connectivity index (χ2n) is 11.4. The van der Waals surface area contributed by atoms with Gasteiger partial charge >= 0.3 is 0 Å². The van der Waals surface area contributed by atoms with Crippen molar-refractivity contribution in [2.75, 3.05) is 31.5 Å². The summed E-state index contributed by atoms with van der Waals surface area (Å²) in [6, 6.07) is 4.42. The number of nitrogens with one attached hydrogen (secondary N) is 1. The number of nitrogens with zero attached hydrogens (tertiary/aromatic N) is 7. The molecule has 2 amide bonds. The molecule has 11 nitrogen and oxygen atoms in total. The molecule has 13 heteroatoms. The second-order valence-corrected chi connectivity index (χ2v) is 11.4. The van der Waals surface area contributed by atoms with Gasteiger partial charge in [0.15, 0.2) is 11.5 Å². The smallest absolute Gasteiger partial charge is 0.282 e. The molecule has 0 bridgehead atoms. The molecular weight excluding hydrogens is 580 g/mol. The zero-order valence-electron chi connectivity index (χ0n) is 25.7. The second kappa shape index (κ2) is 13.0. The minimum atomic E-state index is -2.81. The summed E-state index contributed by atoms with van der Waals surface area (Å²) in [5.41, 5.74) is 8.86. The molecule has 1 saturated heterocycles. The van der Waals surface area contributed by atoms with Gasteiger partial charge in [-0.1, -0.05) is 26.7 Å². The molecule has 3 N–H and O–H groups in total.